The van der Waals surface area contributed by atoms with Gasteiger partial charge in [0.15, 0.2) is 0 Å². The minimum atomic E-state index is 0.00658. The van der Waals surface area contributed by atoms with Gasteiger partial charge in [0, 0.05) is 37.1 Å². The quantitative estimate of drug-likeness (QED) is 0.851. The van der Waals surface area contributed by atoms with Crippen molar-refractivity contribution in [1.82, 2.24) is 15.2 Å². The largest absolute Gasteiger partial charge is 0.335 e. The van der Waals surface area contributed by atoms with E-state index in [9.17, 15) is 4.79 Å². The summed E-state index contributed by atoms with van der Waals surface area (Å²) in [6.45, 7) is 2.79. The molecule has 18 heavy (non-hydrogen) atoms. The Kier molecular flexibility index (Phi) is 4.36. The maximum Gasteiger partial charge on any atom is 0.317 e. The number of thiazole rings is 1. The first kappa shape index (κ1) is 13.1. The number of carbonyl (C=O) groups is 1. The fourth-order valence-corrected chi connectivity index (χ4v) is 2.76. The molecule has 4 nitrogen and oxygen atoms in total. The Labute approximate surface area is 112 Å². The van der Waals surface area contributed by atoms with E-state index in [-0.39, 0.29) is 18.0 Å². The van der Waals surface area contributed by atoms with Crippen LogP contribution in [-0.2, 0) is 0 Å². The van der Waals surface area contributed by atoms with Crippen LogP contribution in [0.1, 0.15) is 30.7 Å². The standard InChI is InChI=1S/C13H19N3OS/c1-10(12-14-7-8-18-12)9-16(2)13(17)15-11-5-3-4-6-11/h3-4,7-8,10-11H,5-6,9H2,1-2H3,(H,15,17). The maximum atomic E-state index is 12.0. The van der Waals surface area contributed by atoms with Crippen LogP contribution >= 0.6 is 11.3 Å². The van der Waals surface area contributed by atoms with E-state index in [4.69, 9.17) is 0 Å². The number of nitrogens with one attached hydrogen (secondary N) is 1. The highest BCUT2D eigenvalue weighted by Crippen LogP contribution is 2.18. The molecular weight excluding hydrogens is 246 g/mol. The van der Waals surface area contributed by atoms with Gasteiger partial charge in [0.25, 0.3) is 0 Å². The molecule has 1 aliphatic rings. The van der Waals surface area contributed by atoms with Crippen LogP contribution in [0.3, 0.4) is 0 Å². The van der Waals surface area contributed by atoms with Crippen molar-refractivity contribution < 1.29 is 4.79 Å². The summed E-state index contributed by atoms with van der Waals surface area (Å²) in [7, 11) is 1.84. The molecule has 0 saturated carbocycles. The highest BCUT2D eigenvalue weighted by atomic mass is 32.1. The molecule has 0 bridgehead atoms. The van der Waals surface area contributed by atoms with Crippen LogP contribution in [0.25, 0.3) is 0 Å². The van der Waals surface area contributed by atoms with E-state index in [1.807, 2.05) is 12.4 Å². The molecule has 5 heteroatoms. The van der Waals surface area contributed by atoms with E-state index in [1.165, 1.54) is 0 Å². The summed E-state index contributed by atoms with van der Waals surface area (Å²) in [6, 6.07) is 0.280. The van der Waals surface area contributed by atoms with Crippen molar-refractivity contribution in [2.24, 2.45) is 0 Å². The van der Waals surface area contributed by atoms with Crippen molar-refractivity contribution in [3.8, 4) is 0 Å². The van der Waals surface area contributed by atoms with E-state index < -0.39 is 0 Å². The molecule has 1 unspecified atom stereocenters. The summed E-state index contributed by atoms with van der Waals surface area (Å²) in [5.74, 6) is 0.280. The predicted molar refractivity (Wildman–Crippen MR) is 73.9 cm³/mol. The lowest BCUT2D eigenvalue weighted by molar-refractivity contribution is 0.203. The van der Waals surface area contributed by atoms with Crippen LogP contribution in [-0.4, -0.2) is 35.5 Å². The number of hydrogen-bond acceptors (Lipinski definition) is 3. The average Bonchev–Trinajstić information content (AvgIpc) is 3.01. The van der Waals surface area contributed by atoms with Gasteiger partial charge in [0.1, 0.15) is 0 Å². The van der Waals surface area contributed by atoms with E-state index in [1.54, 1.807) is 22.4 Å². The molecule has 2 rings (SSSR count). The predicted octanol–water partition coefficient (Wildman–Crippen LogP) is 2.61. The number of urea groups is 1. The Balaban J connectivity index is 1.79. The monoisotopic (exact) mass is 265 g/mol. The first-order valence-corrected chi connectivity index (χ1v) is 7.11. The highest BCUT2D eigenvalue weighted by molar-refractivity contribution is 7.09. The Morgan fingerprint density at radius 2 is 2.33 bits per heavy atom. The molecule has 1 N–H and O–H groups in total. The van der Waals surface area contributed by atoms with Crippen LogP contribution in [0, 0.1) is 0 Å². The van der Waals surface area contributed by atoms with Gasteiger partial charge >= 0.3 is 6.03 Å². The van der Waals surface area contributed by atoms with Gasteiger partial charge in [-0.05, 0) is 12.8 Å². The molecule has 0 saturated heterocycles. The van der Waals surface area contributed by atoms with Crippen LogP contribution in [0.15, 0.2) is 23.7 Å². The maximum absolute atomic E-state index is 12.0. The molecule has 1 aromatic rings. The number of likely N-dealkylation sites (N-methyl/N-ethyl adjacent to an activating group) is 1. The van der Waals surface area contributed by atoms with Crippen molar-refractivity contribution >= 4 is 17.4 Å². The number of rotatable bonds is 4. The normalized spacial score (nSPS) is 16.8. The summed E-state index contributed by atoms with van der Waals surface area (Å²) in [6.07, 6.45) is 7.93. The lowest BCUT2D eigenvalue weighted by Gasteiger charge is -2.23. The van der Waals surface area contributed by atoms with Crippen molar-refractivity contribution in [1.29, 1.82) is 0 Å². The highest BCUT2D eigenvalue weighted by Gasteiger charge is 2.18. The Morgan fingerprint density at radius 1 is 1.61 bits per heavy atom. The fraction of sp³-hybridized carbons (Fsp3) is 0.538. The molecule has 1 aliphatic carbocycles. The summed E-state index contributed by atoms with van der Waals surface area (Å²) >= 11 is 1.64. The Morgan fingerprint density at radius 3 is 2.94 bits per heavy atom. The smallest absolute Gasteiger partial charge is 0.317 e. The first-order chi connectivity index (χ1) is 8.66. The third-order valence-corrected chi connectivity index (χ3v) is 4.11. The topological polar surface area (TPSA) is 45.2 Å². The number of hydrogen-bond donors (Lipinski definition) is 1. The number of aromatic nitrogens is 1. The molecule has 0 aromatic carbocycles. The third kappa shape index (κ3) is 3.32. The van der Waals surface area contributed by atoms with Crippen LogP contribution in [0.5, 0.6) is 0 Å². The average molecular weight is 265 g/mol. The van der Waals surface area contributed by atoms with Crippen LogP contribution in [0.4, 0.5) is 4.79 Å². The SMILES string of the molecule is CC(CN(C)C(=O)NC1CC=CC1)c1nccs1. The molecule has 98 valence electrons. The van der Waals surface area contributed by atoms with Gasteiger partial charge in [-0.1, -0.05) is 19.1 Å². The molecule has 1 atom stereocenters. The van der Waals surface area contributed by atoms with Gasteiger partial charge < -0.3 is 10.2 Å². The zero-order valence-electron chi connectivity index (χ0n) is 10.8. The van der Waals surface area contributed by atoms with Gasteiger partial charge in [-0.25, -0.2) is 9.78 Å². The van der Waals surface area contributed by atoms with Crippen molar-refractivity contribution in [2.75, 3.05) is 13.6 Å². The van der Waals surface area contributed by atoms with Gasteiger partial charge in [-0.2, -0.15) is 0 Å². The van der Waals surface area contributed by atoms with Crippen LogP contribution in [0.2, 0.25) is 0 Å². The zero-order chi connectivity index (χ0) is 13.0. The van der Waals surface area contributed by atoms with Crippen LogP contribution < -0.4 is 5.32 Å². The van der Waals surface area contributed by atoms with E-state index in [2.05, 4.69) is 29.4 Å². The number of nitrogens with zero attached hydrogens (tertiary/aromatic N) is 2. The fourth-order valence-electron chi connectivity index (χ4n) is 2.07. The zero-order valence-corrected chi connectivity index (χ0v) is 11.6. The molecule has 0 aliphatic heterocycles. The molecule has 2 amide bonds. The van der Waals surface area contributed by atoms with E-state index >= 15 is 0 Å². The molecule has 0 radical (unpaired) electrons. The van der Waals surface area contributed by atoms with E-state index in [0.717, 1.165) is 17.8 Å². The summed E-state index contributed by atoms with van der Waals surface area (Å²) in [4.78, 5) is 18.0. The lowest BCUT2D eigenvalue weighted by Crippen LogP contribution is -2.43. The van der Waals surface area contributed by atoms with Gasteiger partial charge in [0.05, 0.1) is 5.01 Å². The van der Waals surface area contributed by atoms with Gasteiger partial charge in [-0.15, -0.1) is 11.3 Å². The molecular formula is C13H19N3OS. The van der Waals surface area contributed by atoms with Crippen molar-refractivity contribution in [3.63, 3.8) is 0 Å². The molecule has 1 heterocycles. The van der Waals surface area contributed by atoms with Gasteiger partial charge in [0.2, 0.25) is 0 Å². The lowest BCUT2D eigenvalue weighted by atomic mass is 10.2. The summed E-state index contributed by atoms with van der Waals surface area (Å²) < 4.78 is 0. The molecule has 0 fully saturated rings. The van der Waals surface area contributed by atoms with Crippen molar-refractivity contribution in [3.05, 3.63) is 28.7 Å². The van der Waals surface area contributed by atoms with E-state index in [0.29, 0.717) is 6.54 Å². The van der Waals surface area contributed by atoms with Gasteiger partial charge in [-0.3, -0.25) is 0 Å². The molecule has 1 aromatic heterocycles. The minimum Gasteiger partial charge on any atom is -0.335 e. The third-order valence-electron chi connectivity index (χ3n) is 3.10. The molecule has 0 spiro atoms. The number of carbonyl (C=O) groups excluding carboxylic acids is 1. The Bertz CT molecular complexity index is 408. The van der Waals surface area contributed by atoms with Crippen molar-refractivity contribution in [2.45, 2.75) is 31.7 Å². The Hall–Kier alpha value is -1.36. The second-order valence-electron chi connectivity index (χ2n) is 4.74. The first-order valence-electron chi connectivity index (χ1n) is 6.23. The second kappa shape index (κ2) is 6.00. The second-order valence-corrected chi connectivity index (χ2v) is 5.67. The number of amides is 2. The summed E-state index contributed by atoms with van der Waals surface area (Å²) in [5.41, 5.74) is 0. The summed E-state index contributed by atoms with van der Waals surface area (Å²) in [5, 5.41) is 6.09. The minimum absolute atomic E-state index is 0.00658.